The number of rotatable bonds is 2. The second-order valence-electron chi connectivity index (χ2n) is 5.09. The summed E-state index contributed by atoms with van der Waals surface area (Å²) in [6.07, 6.45) is 1.29. The number of hydrogen-bond donors (Lipinski definition) is 2. The highest BCUT2D eigenvalue weighted by Gasteiger charge is 2.33. The predicted molar refractivity (Wildman–Crippen MR) is 88.8 cm³/mol. The van der Waals surface area contributed by atoms with Gasteiger partial charge >= 0.3 is 0 Å². The first-order chi connectivity index (χ1) is 11.3. The number of aromatic amines is 1. The van der Waals surface area contributed by atoms with E-state index in [-0.39, 0.29) is 5.91 Å². The van der Waals surface area contributed by atoms with Crippen LogP contribution in [0.5, 0.6) is 0 Å². The largest absolute Gasteiger partial charge is 0.404 e. The normalized spacial score (nSPS) is 16.3. The fourth-order valence-corrected chi connectivity index (χ4v) is 2.56. The molecular weight excluding hydrogens is 290 g/mol. The average molecular weight is 303 g/mol. The van der Waals surface area contributed by atoms with E-state index in [0.29, 0.717) is 17.2 Å². The molecule has 0 saturated carbocycles. The van der Waals surface area contributed by atoms with Crippen molar-refractivity contribution >= 4 is 28.6 Å². The van der Waals surface area contributed by atoms with Crippen LogP contribution < -0.4 is 10.7 Å². The summed E-state index contributed by atoms with van der Waals surface area (Å²) >= 11 is 0. The topological polar surface area (TPSA) is 87.4 Å². The van der Waals surface area contributed by atoms with E-state index < -0.39 is 0 Å². The van der Waals surface area contributed by atoms with Gasteiger partial charge in [-0.25, -0.2) is 4.98 Å². The zero-order valence-corrected chi connectivity index (χ0v) is 12.1. The van der Waals surface area contributed by atoms with E-state index in [9.17, 15) is 4.79 Å². The smallest absolute Gasteiger partial charge is 0.285 e. The molecule has 2 aromatic carbocycles. The molecule has 0 saturated heterocycles. The summed E-state index contributed by atoms with van der Waals surface area (Å²) in [5, 5.41) is 5.67. The van der Waals surface area contributed by atoms with Crippen LogP contribution in [-0.2, 0) is 4.79 Å². The van der Waals surface area contributed by atoms with Gasteiger partial charge in [0, 0.05) is 11.8 Å². The van der Waals surface area contributed by atoms with E-state index >= 15 is 0 Å². The minimum absolute atomic E-state index is 0.301. The van der Waals surface area contributed by atoms with Crippen LogP contribution in [0, 0.1) is 0 Å². The van der Waals surface area contributed by atoms with Gasteiger partial charge in [0.1, 0.15) is 5.71 Å². The number of para-hydroxylation sites is 2. The van der Waals surface area contributed by atoms with Crippen molar-refractivity contribution in [1.82, 2.24) is 9.97 Å². The number of hydrogen-bond acceptors (Lipinski definition) is 4. The number of nitrogens with zero attached hydrogens (tertiary/aromatic N) is 3. The lowest BCUT2D eigenvalue weighted by molar-refractivity contribution is -0.114. The number of amides is 1. The summed E-state index contributed by atoms with van der Waals surface area (Å²) in [4.78, 5) is 20.1. The van der Waals surface area contributed by atoms with Crippen LogP contribution in [0.25, 0.3) is 11.0 Å². The monoisotopic (exact) mass is 303 g/mol. The van der Waals surface area contributed by atoms with E-state index in [4.69, 9.17) is 5.73 Å². The maximum Gasteiger partial charge on any atom is 0.285 e. The third kappa shape index (κ3) is 2.08. The Morgan fingerprint density at radius 3 is 2.52 bits per heavy atom. The fourth-order valence-electron chi connectivity index (χ4n) is 2.56. The van der Waals surface area contributed by atoms with Crippen molar-refractivity contribution < 1.29 is 4.79 Å². The number of carbonyl (C=O) groups excluding carboxylic acids is 1. The summed E-state index contributed by atoms with van der Waals surface area (Å²) in [7, 11) is 0. The summed E-state index contributed by atoms with van der Waals surface area (Å²) in [5.41, 5.74) is 8.99. The summed E-state index contributed by atoms with van der Waals surface area (Å²) < 4.78 is 0. The minimum atomic E-state index is -0.301. The molecule has 1 amide bonds. The second kappa shape index (κ2) is 5.10. The van der Waals surface area contributed by atoms with Crippen molar-refractivity contribution in [2.24, 2.45) is 10.8 Å². The van der Waals surface area contributed by atoms with Gasteiger partial charge in [-0.3, -0.25) is 4.79 Å². The fraction of sp³-hybridized carbons (Fsp3) is 0. The summed E-state index contributed by atoms with van der Waals surface area (Å²) in [6.45, 7) is 0. The Labute approximate surface area is 131 Å². The number of anilines is 1. The number of aromatic nitrogens is 2. The zero-order chi connectivity index (χ0) is 15.8. The van der Waals surface area contributed by atoms with Gasteiger partial charge in [0.2, 0.25) is 5.95 Å². The van der Waals surface area contributed by atoms with Gasteiger partial charge in [0.05, 0.1) is 16.6 Å². The molecule has 4 rings (SSSR count). The molecule has 0 radical (unpaired) electrons. The number of benzene rings is 2. The maximum absolute atomic E-state index is 12.6. The Hall–Kier alpha value is -3.41. The van der Waals surface area contributed by atoms with Crippen molar-refractivity contribution in [3.8, 4) is 0 Å². The highest BCUT2D eigenvalue weighted by Crippen LogP contribution is 2.25. The van der Waals surface area contributed by atoms with Crippen molar-refractivity contribution in [1.29, 1.82) is 0 Å². The third-order valence-electron chi connectivity index (χ3n) is 3.67. The van der Waals surface area contributed by atoms with E-state index in [1.807, 2.05) is 54.6 Å². The molecule has 112 valence electrons. The van der Waals surface area contributed by atoms with Crippen molar-refractivity contribution in [3.05, 3.63) is 71.9 Å². The highest BCUT2D eigenvalue weighted by molar-refractivity contribution is 6.35. The molecule has 3 N–H and O–H groups in total. The number of fused-ring (bicyclic) bond motifs is 1. The number of imidazole rings is 1. The molecule has 6 heteroatoms. The van der Waals surface area contributed by atoms with E-state index in [2.05, 4.69) is 15.1 Å². The van der Waals surface area contributed by atoms with Crippen LogP contribution in [0.2, 0.25) is 0 Å². The van der Waals surface area contributed by atoms with Gasteiger partial charge in [-0.1, -0.05) is 42.5 Å². The molecule has 0 atom stereocenters. The molecule has 1 aromatic heterocycles. The standard InChI is InChI=1S/C17H13N5O/c18-10-12-15(11-6-2-1-3-7-11)21-22(16(12)23)17-19-13-8-4-5-9-14(13)20-17/h1-10H,18H2,(H,19,20)/b12-10+. The Morgan fingerprint density at radius 1 is 1.04 bits per heavy atom. The SMILES string of the molecule is N/C=C1/C(=O)N(c2nc3ccccc3[nH]2)N=C1c1ccccc1. The molecule has 0 spiro atoms. The lowest BCUT2D eigenvalue weighted by Gasteiger charge is -2.06. The van der Waals surface area contributed by atoms with Crippen LogP contribution >= 0.6 is 0 Å². The summed E-state index contributed by atoms with van der Waals surface area (Å²) in [5.74, 6) is 0.0758. The molecular formula is C17H13N5O. The van der Waals surface area contributed by atoms with Crippen LogP contribution in [0.1, 0.15) is 5.56 Å². The number of hydrazone groups is 1. The molecule has 3 aromatic rings. The molecule has 6 nitrogen and oxygen atoms in total. The first-order valence-corrected chi connectivity index (χ1v) is 7.13. The van der Waals surface area contributed by atoms with Crippen LogP contribution in [0.15, 0.2) is 71.5 Å². The van der Waals surface area contributed by atoms with Crippen LogP contribution in [0.3, 0.4) is 0 Å². The van der Waals surface area contributed by atoms with Crippen LogP contribution in [-0.4, -0.2) is 21.6 Å². The molecule has 23 heavy (non-hydrogen) atoms. The molecule has 0 bridgehead atoms. The Bertz CT molecular complexity index is 922. The molecule has 0 aliphatic carbocycles. The molecule has 0 unspecified atom stereocenters. The quantitative estimate of drug-likeness (QED) is 0.711. The third-order valence-corrected chi connectivity index (χ3v) is 3.67. The van der Waals surface area contributed by atoms with Gasteiger partial charge in [0.15, 0.2) is 0 Å². The Balaban J connectivity index is 1.82. The number of nitrogens with one attached hydrogen (secondary N) is 1. The van der Waals surface area contributed by atoms with Gasteiger partial charge in [-0.05, 0) is 12.1 Å². The summed E-state index contributed by atoms with van der Waals surface area (Å²) in [6, 6.07) is 17.0. The first-order valence-electron chi connectivity index (χ1n) is 7.13. The van der Waals surface area contributed by atoms with E-state index in [1.54, 1.807) is 0 Å². The lowest BCUT2D eigenvalue weighted by atomic mass is 10.0. The van der Waals surface area contributed by atoms with Gasteiger partial charge < -0.3 is 10.7 Å². The van der Waals surface area contributed by atoms with E-state index in [0.717, 1.165) is 16.6 Å². The molecule has 1 aliphatic heterocycles. The van der Waals surface area contributed by atoms with Crippen molar-refractivity contribution in [2.45, 2.75) is 0 Å². The molecule has 0 fully saturated rings. The van der Waals surface area contributed by atoms with Crippen molar-refractivity contribution in [3.63, 3.8) is 0 Å². The van der Waals surface area contributed by atoms with Gasteiger partial charge in [-0.2, -0.15) is 10.1 Å². The maximum atomic E-state index is 12.6. The van der Waals surface area contributed by atoms with Crippen molar-refractivity contribution in [2.75, 3.05) is 5.01 Å². The van der Waals surface area contributed by atoms with Gasteiger partial charge in [0.25, 0.3) is 5.91 Å². The first kappa shape index (κ1) is 13.3. The zero-order valence-electron chi connectivity index (χ0n) is 12.1. The average Bonchev–Trinajstić information content (AvgIpc) is 3.16. The predicted octanol–water partition coefficient (Wildman–Crippen LogP) is 2.16. The molecule has 2 heterocycles. The Morgan fingerprint density at radius 2 is 1.78 bits per heavy atom. The lowest BCUT2D eigenvalue weighted by Crippen LogP contribution is -2.23. The molecule has 1 aliphatic rings. The van der Waals surface area contributed by atoms with Crippen LogP contribution in [0.4, 0.5) is 5.95 Å². The highest BCUT2D eigenvalue weighted by atomic mass is 16.2. The minimum Gasteiger partial charge on any atom is -0.404 e. The second-order valence-corrected chi connectivity index (χ2v) is 5.09. The number of nitrogens with two attached hydrogens (primary N) is 1. The Kier molecular flexibility index (Phi) is 2.94. The number of carbonyl (C=O) groups is 1. The number of H-pyrrole nitrogens is 1. The van der Waals surface area contributed by atoms with Gasteiger partial charge in [-0.15, -0.1) is 0 Å². The van der Waals surface area contributed by atoms with E-state index in [1.165, 1.54) is 11.2 Å².